The standard InChI is InChI=1S/C19H28N4O2/c24-18-3-1-2-16(21-18)12-22-8-6-14(7-9-22)11-23-13-20-17(10-19(23)25)15-4-5-15/h10,13-16H,1-9,11-12H2,(H,21,24). The highest BCUT2D eigenvalue weighted by Gasteiger charge is 2.27. The normalized spacial score (nSPS) is 25.8. The second-order valence-corrected chi connectivity index (χ2v) is 7.98. The van der Waals surface area contributed by atoms with Crippen LogP contribution in [0.2, 0.25) is 0 Å². The molecule has 2 aliphatic heterocycles. The molecule has 1 atom stereocenters. The average molecular weight is 344 g/mol. The smallest absolute Gasteiger partial charge is 0.253 e. The van der Waals surface area contributed by atoms with Crippen molar-refractivity contribution in [2.24, 2.45) is 5.92 Å². The van der Waals surface area contributed by atoms with E-state index in [0.29, 0.717) is 24.3 Å². The Labute approximate surface area is 148 Å². The van der Waals surface area contributed by atoms with Gasteiger partial charge in [0.05, 0.1) is 12.0 Å². The highest BCUT2D eigenvalue weighted by molar-refractivity contribution is 5.76. The van der Waals surface area contributed by atoms with Crippen molar-refractivity contribution in [3.63, 3.8) is 0 Å². The zero-order valence-electron chi connectivity index (χ0n) is 14.8. The van der Waals surface area contributed by atoms with E-state index in [2.05, 4.69) is 15.2 Å². The summed E-state index contributed by atoms with van der Waals surface area (Å²) in [6, 6.07) is 2.05. The van der Waals surface area contributed by atoms with Crippen molar-refractivity contribution < 1.29 is 4.79 Å². The van der Waals surface area contributed by atoms with E-state index in [1.807, 2.05) is 0 Å². The summed E-state index contributed by atoms with van der Waals surface area (Å²) in [5.41, 5.74) is 1.08. The van der Waals surface area contributed by atoms with Gasteiger partial charge < -0.3 is 10.2 Å². The first-order chi connectivity index (χ1) is 12.2. The van der Waals surface area contributed by atoms with Crippen LogP contribution < -0.4 is 10.9 Å². The fraction of sp³-hybridized carbons (Fsp3) is 0.737. The van der Waals surface area contributed by atoms with E-state index in [9.17, 15) is 9.59 Å². The van der Waals surface area contributed by atoms with E-state index in [1.54, 1.807) is 17.0 Å². The van der Waals surface area contributed by atoms with Gasteiger partial charge >= 0.3 is 0 Å². The third-order valence-corrected chi connectivity index (χ3v) is 5.86. The highest BCUT2D eigenvalue weighted by Crippen LogP contribution is 2.38. The molecule has 3 fully saturated rings. The SMILES string of the molecule is O=C1CCCC(CN2CCC(Cn3cnc(C4CC4)cc3=O)CC2)N1. The Morgan fingerprint density at radius 1 is 1.08 bits per heavy atom. The van der Waals surface area contributed by atoms with Crippen molar-refractivity contribution >= 4 is 5.91 Å². The molecule has 2 saturated heterocycles. The molecule has 25 heavy (non-hydrogen) atoms. The van der Waals surface area contributed by atoms with E-state index < -0.39 is 0 Å². The number of nitrogens with one attached hydrogen (secondary N) is 1. The summed E-state index contributed by atoms with van der Waals surface area (Å²) in [6.45, 7) is 3.86. The molecule has 0 spiro atoms. The van der Waals surface area contributed by atoms with E-state index in [1.165, 1.54) is 12.8 Å². The van der Waals surface area contributed by atoms with Crippen LogP contribution in [0, 0.1) is 5.92 Å². The molecule has 1 unspecified atom stereocenters. The average Bonchev–Trinajstić information content (AvgIpc) is 3.43. The zero-order valence-corrected chi connectivity index (χ0v) is 14.8. The number of hydrogen-bond donors (Lipinski definition) is 1. The Kier molecular flexibility index (Phi) is 4.88. The summed E-state index contributed by atoms with van der Waals surface area (Å²) in [5, 5.41) is 3.11. The largest absolute Gasteiger partial charge is 0.352 e. The number of amides is 1. The first-order valence-corrected chi connectivity index (χ1v) is 9.75. The summed E-state index contributed by atoms with van der Waals surface area (Å²) in [6.07, 6.45) is 9.11. The fourth-order valence-electron chi connectivity index (χ4n) is 4.14. The van der Waals surface area contributed by atoms with Crippen LogP contribution in [-0.4, -0.2) is 46.0 Å². The van der Waals surface area contributed by atoms with Crippen molar-refractivity contribution in [2.75, 3.05) is 19.6 Å². The molecular formula is C19H28N4O2. The van der Waals surface area contributed by atoms with E-state index in [-0.39, 0.29) is 11.5 Å². The minimum atomic E-state index is 0.101. The summed E-state index contributed by atoms with van der Waals surface area (Å²) in [4.78, 5) is 30.7. The van der Waals surface area contributed by atoms with Crippen LogP contribution in [0.25, 0.3) is 0 Å². The van der Waals surface area contributed by atoms with E-state index in [4.69, 9.17) is 0 Å². The van der Waals surface area contributed by atoms with Gasteiger partial charge in [0, 0.05) is 37.5 Å². The molecule has 6 heteroatoms. The second kappa shape index (κ2) is 7.28. The van der Waals surface area contributed by atoms with Gasteiger partial charge in [-0.2, -0.15) is 0 Å². The lowest BCUT2D eigenvalue weighted by atomic mass is 9.95. The fourth-order valence-corrected chi connectivity index (χ4v) is 4.14. The predicted molar refractivity (Wildman–Crippen MR) is 95.4 cm³/mol. The lowest BCUT2D eigenvalue weighted by Crippen LogP contribution is -2.48. The molecule has 1 N–H and O–H groups in total. The van der Waals surface area contributed by atoms with Crippen molar-refractivity contribution in [1.82, 2.24) is 19.8 Å². The molecule has 4 rings (SSSR count). The number of carbonyl (C=O) groups excluding carboxylic acids is 1. The first kappa shape index (κ1) is 16.8. The number of rotatable bonds is 5. The van der Waals surface area contributed by atoms with Gasteiger partial charge in [0.25, 0.3) is 5.56 Å². The molecule has 136 valence electrons. The third-order valence-electron chi connectivity index (χ3n) is 5.86. The summed E-state index contributed by atoms with van der Waals surface area (Å²) < 4.78 is 1.79. The van der Waals surface area contributed by atoms with Gasteiger partial charge in [-0.1, -0.05) is 0 Å². The Morgan fingerprint density at radius 3 is 2.56 bits per heavy atom. The monoisotopic (exact) mass is 344 g/mol. The first-order valence-electron chi connectivity index (χ1n) is 9.75. The molecule has 3 aliphatic rings. The molecule has 1 aromatic heterocycles. The van der Waals surface area contributed by atoms with Gasteiger partial charge in [-0.05, 0) is 57.5 Å². The van der Waals surface area contributed by atoms with Crippen LogP contribution in [-0.2, 0) is 11.3 Å². The van der Waals surface area contributed by atoms with Gasteiger partial charge in [-0.25, -0.2) is 4.98 Å². The van der Waals surface area contributed by atoms with E-state index in [0.717, 1.165) is 57.6 Å². The van der Waals surface area contributed by atoms with Gasteiger partial charge in [-0.3, -0.25) is 14.2 Å². The molecule has 1 aliphatic carbocycles. The van der Waals surface area contributed by atoms with Crippen LogP contribution in [0.3, 0.4) is 0 Å². The maximum atomic E-state index is 12.3. The Balaban J connectivity index is 1.26. The lowest BCUT2D eigenvalue weighted by Gasteiger charge is -2.35. The van der Waals surface area contributed by atoms with Gasteiger partial charge in [-0.15, -0.1) is 0 Å². The Morgan fingerprint density at radius 2 is 1.88 bits per heavy atom. The number of hydrogen-bond acceptors (Lipinski definition) is 4. The molecule has 0 bridgehead atoms. The Bertz CT molecular complexity index is 674. The van der Waals surface area contributed by atoms with Crippen LogP contribution in [0.15, 0.2) is 17.2 Å². The molecule has 3 heterocycles. The molecule has 1 saturated carbocycles. The van der Waals surface area contributed by atoms with Crippen molar-refractivity contribution in [2.45, 2.75) is 63.5 Å². The highest BCUT2D eigenvalue weighted by atomic mass is 16.1. The van der Waals surface area contributed by atoms with Crippen molar-refractivity contribution in [1.29, 1.82) is 0 Å². The Hall–Kier alpha value is -1.69. The van der Waals surface area contributed by atoms with Crippen molar-refractivity contribution in [3.05, 3.63) is 28.4 Å². The topological polar surface area (TPSA) is 67.2 Å². The zero-order chi connectivity index (χ0) is 17.2. The minimum absolute atomic E-state index is 0.101. The van der Waals surface area contributed by atoms with Gasteiger partial charge in [0.2, 0.25) is 5.91 Å². The van der Waals surface area contributed by atoms with E-state index >= 15 is 0 Å². The molecule has 1 aromatic rings. The van der Waals surface area contributed by atoms with Crippen LogP contribution >= 0.6 is 0 Å². The van der Waals surface area contributed by atoms with Crippen LogP contribution in [0.5, 0.6) is 0 Å². The predicted octanol–water partition coefficient (Wildman–Crippen LogP) is 1.50. The summed E-state index contributed by atoms with van der Waals surface area (Å²) in [5.74, 6) is 1.28. The molecular weight excluding hydrogens is 316 g/mol. The molecule has 1 amide bonds. The lowest BCUT2D eigenvalue weighted by molar-refractivity contribution is -0.123. The minimum Gasteiger partial charge on any atom is -0.352 e. The number of likely N-dealkylation sites (tertiary alicyclic amines) is 1. The maximum absolute atomic E-state index is 12.3. The van der Waals surface area contributed by atoms with Gasteiger partial charge in [0.15, 0.2) is 0 Å². The molecule has 0 radical (unpaired) electrons. The van der Waals surface area contributed by atoms with Gasteiger partial charge in [0.1, 0.15) is 0 Å². The number of carbonyl (C=O) groups is 1. The van der Waals surface area contributed by atoms with Crippen LogP contribution in [0.1, 0.15) is 56.6 Å². The number of piperidine rings is 2. The van der Waals surface area contributed by atoms with Crippen molar-refractivity contribution in [3.8, 4) is 0 Å². The number of aromatic nitrogens is 2. The van der Waals surface area contributed by atoms with Crippen LogP contribution in [0.4, 0.5) is 0 Å². The quantitative estimate of drug-likeness (QED) is 0.879. The maximum Gasteiger partial charge on any atom is 0.253 e. The summed E-state index contributed by atoms with van der Waals surface area (Å²) >= 11 is 0. The number of nitrogens with zero attached hydrogens (tertiary/aromatic N) is 3. The second-order valence-electron chi connectivity index (χ2n) is 7.98. The third kappa shape index (κ3) is 4.29. The summed E-state index contributed by atoms with van der Waals surface area (Å²) in [7, 11) is 0. The molecule has 0 aromatic carbocycles. The molecule has 6 nitrogen and oxygen atoms in total.